The van der Waals surface area contributed by atoms with Gasteiger partial charge in [-0.1, -0.05) is 0 Å². The van der Waals surface area contributed by atoms with E-state index in [-0.39, 0.29) is 0 Å². The van der Waals surface area contributed by atoms with Gasteiger partial charge in [-0.2, -0.15) is 0 Å². The molecule has 0 aromatic carbocycles. The minimum Gasteiger partial charge on any atom is -0.375 e. The normalized spacial score (nSPS) is 30.3. The van der Waals surface area contributed by atoms with Gasteiger partial charge >= 0.3 is 0 Å². The molecular weight excluding hydrogens is 216 g/mol. The largest absolute Gasteiger partial charge is 0.375 e. The van der Waals surface area contributed by atoms with Crippen molar-refractivity contribution in [3.8, 4) is 0 Å². The topological polar surface area (TPSA) is 41.6 Å². The highest BCUT2D eigenvalue weighted by molar-refractivity contribution is 5.76. The second kappa shape index (κ2) is 6.36. The molecule has 0 spiro atoms. The first-order valence-corrected chi connectivity index (χ1v) is 6.89. The molecule has 0 aromatic heterocycles. The summed E-state index contributed by atoms with van der Waals surface area (Å²) in [6.45, 7) is 5.85. The zero-order valence-electron chi connectivity index (χ0n) is 10.8. The average Bonchev–Trinajstić information content (AvgIpc) is 2.58. The Bertz CT molecular complexity index is 250. The average molecular weight is 240 g/mol. The molecular formula is C13H24N2O2. The van der Waals surface area contributed by atoms with E-state index in [0.717, 1.165) is 51.9 Å². The van der Waals surface area contributed by atoms with Gasteiger partial charge in [0.25, 0.3) is 0 Å². The predicted octanol–water partition coefficient (Wildman–Crippen LogP) is 1.16. The summed E-state index contributed by atoms with van der Waals surface area (Å²) in [4.78, 5) is 14.0. The van der Waals surface area contributed by atoms with Crippen molar-refractivity contribution in [1.82, 2.24) is 10.2 Å². The van der Waals surface area contributed by atoms with Gasteiger partial charge in [-0.25, -0.2) is 0 Å². The van der Waals surface area contributed by atoms with Crippen LogP contribution in [0, 0.1) is 0 Å². The van der Waals surface area contributed by atoms with E-state index in [1.165, 1.54) is 0 Å². The summed E-state index contributed by atoms with van der Waals surface area (Å²) in [5.41, 5.74) is 0. The fourth-order valence-electron chi connectivity index (χ4n) is 2.64. The highest BCUT2D eigenvalue weighted by atomic mass is 16.5. The predicted molar refractivity (Wildman–Crippen MR) is 66.9 cm³/mol. The van der Waals surface area contributed by atoms with E-state index in [0.29, 0.717) is 24.5 Å². The second-order valence-corrected chi connectivity index (χ2v) is 5.17. The standard InChI is InChI=1S/C13H24N2O2/c1-11-3-4-12(17-11)5-6-13(16)15-9-2-7-14-8-10-15/h11-12,14H,2-10H2,1H3. The van der Waals surface area contributed by atoms with Crippen LogP contribution in [0.15, 0.2) is 0 Å². The zero-order chi connectivity index (χ0) is 12.1. The van der Waals surface area contributed by atoms with Gasteiger partial charge in [0, 0.05) is 26.1 Å². The van der Waals surface area contributed by atoms with Gasteiger partial charge in [0.1, 0.15) is 0 Å². The molecule has 1 amide bonds. The monoisotopic (exact) mass is 240 g/mol. The first-order valence-electron chi connectivity index (χ1n) is 6.89. The maximum Gasteiger partial charge on any atom is 0.222 e. The fourth-order valence-corrected chi connectivity index (χ4v) is 2.64. The first-order chi connectivity index (χ1) is 8.25. The highest BCUT2D eigenvalue weighted by Crippen LogP contribution is 2.22. The number of hydrogen-bond acceptors (Lipinski definition) is 3. The van der Waals surface area contributed by atoms with E-state index < -0.39 is 0 Å². The summed E-state index contributed by atoms with van der Waals surface area (Å²) in [7, 11) is 0. The first kappa shape index (κ1) is 12.8. The van der Waals surface area contributed by atoms with Gasteiger partial charge < -0.3 is 15.0 Å². The molecule has 2 atom stereocenters. The van der Waals surface area contributed by atoms with Crippen LogP contribution < -0.4 is 5.32 Å². The van der Waals surface area contributed by atoms with Crippen molar-refractivity contribution in [3.05, 3.63) is 0 Å². The molecule has 0 bridgehead atoms. The number of amides is 1. The molecule has 2 aliphatic heterocycles. The van der Waals surface area contributed by atoms with Gasteiger partial charge in [0.15, 0.2) is 0 Å². The molecule has 4 nitrogen and oxygen atoms in total. The number of nitrogens with one attached hydrogen (secondary N) is 1. The quantitative estimate of drug-likeness (QED) is 0.805. The molecule has 2 saturated heterocycles. The van der Waals surface area contributed by atoms with Crippen molar-refractivity contribution < 1.29 is 9.53 Å². The maximum absolute atomic E-state index is 12.0. The Labute approximate surface area is 104 Å². The lowest BCUT2D eigenvalue weighted by Gasteiger charge is -2.20. The van der Waals surface area contributed by atoms with Gasteiger partial charge in [-0.15, -0.1) is 0 Å². The zero-order valence-corrected chi connectivity index (χ0v) is 10.8. The smallest absolute Gasteiger partial charge is 0.222 e. The Balaban J connectivity index is 1.69. The van der Waals surface area contributed by atoms with Crippen molar-refractivity contribution in [2.75, 3.05) is 26.2 Å². The van der Waals surface area contributed by atoms with Crippen LogP contribution in [-0.2, 0) is 9.53 Å². The summed E-state index contributed by atoms with van der Waals surface area (Å²) in [5, 5.41) is 3.32. The SMILES string of the molecule is CC1CCC(CCC(=O)N2CCCNCC2)O1. The molecule has 2 heterocycles. The molecule has 0 aliphatic carbocycles. The third-order valence-electron chi connectivity index (χ3n) is 3.69. The summed E-state index contributed by atoms with van der Waals surface area (Å²) >= 11 is 0. The molecule has 2 unspecified atom stereocenters. The van der Waals surface area contributed by atoms with Gasteiger partial charge in [0.2, 0.25) is 5.91 Å². The number of carbonyl (C=O) groups excluding carboxylic acids is 1. The molecule has 0 aromatic rings. The lowest BCUT2D eigenvalue weighted by atomic mass is 10.1. The van der Waals surface area contributed by atoms with Crippen molar-refractivity contribution in [1.29, 1.82) is 0 Å². The van der Waals surface area contributed by atoms with Crippen LogP contribution >= 0.6 is 0 Å². The number of carbonyl (C=O) groups is 1. The van der Waals surface area contributed by atoms with Crippen LogP contribution in [0.25, 0.3) is 0 Å². The number of nitrogens with zero attached hydrogens (tertiary/aromatic N) is 1. The maximum atomic E-state index is 12.0. The van der Waals surface area contributed by atoms with Crippen molar-refractivity contribution in [3.63, 3.8) is 0 Å². The van der Waals surface area contributed by atoms with Crippen LogP contribution in [0.5, 0.6) is 0 Å². The van der Waals surface area contributed by atoms with E-state index in [1.54, 1.807) is 0 Å². The van der Waals surface area contributed by atoms with Gasteiger partial charge in [-0.05, 0) is 39.2 Å². The minimum absolute atomic E-state index is 0.303. The minimum atomic E-state index is 0.303. The molecule has 2 aliphatic rings. The van der Waals surface area contributed by atoms with E-state index in [1.807, 2.05) is 4.90 Å². The Morgan fingerprint density at radius 3 is 3.00 bits per heavy atom. The summed E-state index contributed by atoms with van der Waals surface area (Å²) < 4.78 is 5.74. The van der Waals surface area contributed by atoms with Crippen LogP contribution in [-0.4, -0.2) is 49.2 Å². The Morgan fingerprint density at radius 2 is 2.24 bits per heavy atom. The molecule has 98 valence electrons. The molecule has 0 radical (unpaired) electrons. The fraction of sp³-hybridized carbons (Fsp3) is 0.923. The molecule has 0 saturated carbocycles. The van der Waals surface area contributed by atoms with Gasteiger partial charge in [0.05, 0.1) is 12.2 Å². The van der Waals surface area contributed by atoms with Crippen molar-refractivity contribution in [2.24, 2.45) is 0 Å². The van der Waals surface area contributed by atoms with Crippen molar-refractivity contribution >= 4 is 5.91 Å². The number of ether oxygens (including phenoxy) is 1. The third-order valence-corrected chi connectivity index (χ3v) is 3.69. The van der Waals surface area contributed by atoms with E-state index in [9.17, 15) is 4.79 Å². The van der Waals surface area contributed by atoms with Crippen LogP contribution in [0.4, 0.5) is 0 Å². The second-order valence-electron chi connectivity index (χ2n) is 5.17. The summed E-state index contributed by atoms with van der Waals surface area (Å²) in [6.07, 6.45) is 5.59. The lowest BCUT2D eigenvalue weighted by molar-refractivity contribution is -0.131. The van der Waals surface area contributed by atoms with Crippen molar-refractivity contribution in [2.45, 2.75) is 51.2 Å². The van der Waals surface area contributed by atoms with Gasteiger partial charge in [-0.3, -0.25) is 4.79 Å². The molecule has 4 heteroatoms. The lowest BCUT2D eigenvalue weighted by Crippen LogP contribution is -2.34. The van der Waals surface area contributed by atoms with E-state index in [2.05, 4.69) is 12.2 Å². The summed E-state index contributed by atoms with van der Waals surface area (Å²) in [6, 6.07) is 0. The number of hydrogen-bond donors (Lipinski definition) is 1. The Morgan fingerprint density at radius 1 is 1.35 bits per heavy atom. The molecule has 17 heavy (non-hydrogen) atoms. The molecule has 2 fully saturated rings. The summed E-state index contributed by atoms with van der Waals surface area (Å²) in [5.74, 6) is 0.303. The number of rotatable bonds is 3. The van der Waals surface area contributed by atoms with Crippen LogP contribution in [0.3, 0.4) is 0 Å². The van der Waals surface area contributed by atoms with Crippen LogP contribution in [0.2, 0.25) is 0 Å². The molecule has 2 rings (SSSR count). The molecule has 1 N–H and O–H groups in total. The Hall–Kier alpha value is -0.610. The highest BCUT2D eigenvalue weighted by Gasteiger charge is 2.23. The van der Waals surface area contributed by atoms with E-state index in [4.69, 9.17) is 4.74 Å². The third kappa shape index (κ3) is 3.96. The van der Waals surface area contributed by atoms with E-state index >= 15 is 0 Å². The van der Waals surface area contributed by atoms with Crippen LogP contribution in [0.1, 0.15) is 39.0 Å². The Kier molecular flexibility index (Phi) is 4.80.